The first kappa shape index (κ1) is 15.8. The first-order valence-corrected chi connectivity index (χ1v) is 7.95. The van der Waals surface area contributed by atoms with Crippen LogP contribution in [0.1, 0.15) is 27.2 Å². The topological polar surface area (TPSA) is 75.4 Å². The van der Waals surface area contributed by atoms with Crippen molar-refractivity contribution in [2.24, 2.45) is 0 Å². The first-order valence-electron chi connectivity index (χ1n) is 6.47. The molecule has 1 atom stereocenters. The zero-order valence-electron chi connectivity index (χ0n) is 12.0. The largest absolute Gasteiger partial charge is 0.397 e. The summed E-state index contributed by atoms with van der Waals surface area (Å²) in [4.78, 5) is 2.35. The van der Waals surface area contributed by atoms with Crippen molar-refractivity contribution in [2.75, 3.05) is 24.2 Å². The number of nitrogen functional groups attached to an aromatic ring is 1. The fourth-order valence-electron chi connectivity index (χ4n) is 2.00. The Morgan fingerprint density at radius 3 is 2.47 bits per heavy atom. The lowest BCUT2D eigenvalue weighted by atomic mass is 10.1. The number of sulfonamides is 1. The zero-order chi connectivity index (χ0) is 14.6. The molecule has 0 saturated heterocycles. The minimum Gasteiger partial charge on any atom is -0.397 e. The van der Waals surface area contributed by atoms with E-state index in [0.717, 1.165) is 18.7 Å². The third kappa shape index (κ3) is 3.39. The van der Waals surface area contributed by atoms with Gasteiger partial charge >= 0.3 is 0 Å². The van der Waals surface area contributed by atoms with Crippen LogP contribution in [0.3, 0.4) is 0 Å². The van der Waals surface area contributed by atoms with Gasteiger partial charge in [0.15, 0.2) is 0 Å². The normalized spacial score (nSPS) is 13.3. The molecule has 1 rings (SSSR count). The molecule has 0 radical (unpaired) electrons. The quantitative estimate of drug-likeness (QED) is 0.782. The number of nitrogens with two attached hydrogens (primary N) is 1. The van der Waals surface area contributed by atoms with E-state index >= 15 is 0 Å². The van der Waals surface area contributed by atoms with Gasteiger partial charge in [0, 0.05) is 12.6 Å². The van der Waals surface area contributed by atoms with E-state index in [2.05, 4.69) is 23.5 Å². The molecule has 1 aromatic rings. The third-order valence-electron chi connectivity index (χ3n) is 3.35. The monoisotopic (exact) mass is 285 g/mol. The van der Waals surface area contributed by atoms with E-state index in [1.165, 1.54) is 13.1 Å². The molecule has 0 saturated carbocycles. The number of nitrogens with zero attached hydrogens (tertiary/aromatic N) is 1. The van der Waals surface area contributed by atoms with Crippen molar-refractivity contribution in [3.8, 4) is 0 Å². The Balaban J connectivity index is 3.31. The van der Waals surface area contributed by atoms with Gasteiger partial charge in [-0.05, 0) is 45.5 Å². The van der Waals surface area contributed by atoms with Crippen LogP contribution in [0.2, 0.25) is 0 Å². The molecule has 0 aliphatic carbocycles. The molecule has 3 N–H and O–H groups in total. The molecule has 0 aromatic heterocycles. The summed E-state index contributed by atoms with van der Waals surface area (Å²) in [6.45, 7) is 7.01. The van der Waals surface area contributed by atoms with Crippen molar-refractivity contribution in [1.82, 2.24) is 4.72 Å². The van der Waals surface area contributed by atoms with Crippen LogP contribution in [0.15, 0.2) is 23.1 Å². The van der Waals surface area contributed by atoms with E-state index in [1.54, 1.807) is 12.1 Å². The lowest BCUT2D eigenvalue weighted by molar-refractivity contribution is 0.588. The van der Waals surface area contributed by atoms with E-state index in [0.29, 0.717) is 11.7 Å². The second kappa shape index (κ2) is 6.25. The van der Waals surface area contributed by atoms with Gasteiger partial charge < -0.3 is 10.6 Å². The summed E-state index contributed by atoms with van der Waals surface area (Å²) >= 11 is 0. The molecule has 0 heterocycles. The average Bonchev–Trinajstić information content (AvgIpc) is 2.41. The molecular weight excluding hydrogens is 262 g/mol. The fraction of sp³-hybridized carbons (Fsp3) is 0.538. The number of nitrogens with one attached hydrogen (secondary N) is 1. The van der Waals surface area contributed by atoms with Gasteiger partial charge in [0.25, 0.3) is 0 Å². The Kier molecular flexibility index (Phi) is 5.20. The summed E-state index contributed by atoms with van der Waals surface area (Å²) in [5, 5.41) is 0. The Hall–Kier alpha value is -1.27. The minimum atomic E-state index is -3.44. The molecule has 6 heteroatoms. The molecule has 0 amide bonds. The molecule has 0 spiro atoms. The molecule has 0 fully saturated rings. The van der Waals surface area contributed by atoms with Crippen LogP contribution in [0.25, 0.3) is 0 Å². The average molecular weight is 285 g/mol. The Morgan fingerprint density at radius 2 is 2.00 bits per heavy atom. The Labute approximate surface area is 115 Å². The lowest BCUT2D eigenvalue weighted by Gasteiger charge is -2.30. The number of rotatable bonds is 6. The second-order valence-electron chi connectivity index (χ2n) is 4.47. The highest BCUT2D eigenvalue weighted by Gasteiger charge is 2.18. The van der Waals surface area contributed by atoms with Crippen LogP contribution in [-0.2, 0) is 10.0 Å². The number of hydrogen-bond acceptors (Lipinski definition) is 4. The van der Waals surface area contributed by atoms with Crippen LogP contribution < -0.4 is 15.4 Å². The van der Waals surface area contributed by atoms with Crippen LogP contribution in [0.4, 0.5) is 11.4 Å². The van der Waals surface area contributed by atoms with Gasteiger partial charge in [0.2, 0.25) is 10.0 Å². The van der Waals surface area contributed by atoms with Gasteiger partial charge in [0.1, 0.15) is 0 Å². The number of anilines is 2. The SMILES string of the molecule is CCC(C)N(CC)c1cc(S(=O)(=O)NC)ccc1N. The third-order valence-corrected chi connectivity index (χ3v) is 4.77. The van der Waals surface area contributed by atoms with E-state index in [1.807, 2.05) is 6.92 Å². The van der Waals surface area contributed by atoms with E-state index < -0.39 is 10.0 Å². The van der Waals surface area contributed by atoms with Crippen LogP contribution in [-0.4, -0.2) is 28.1 Å². The van der Waals surface area contributed by atoms with E-state index in [4.69, 9.17) is 5.73 Å². The van der Waals surface area contributed by atoms with Crippen LogP contribution in [0, 0.1) is 0 Å². The van der Waals surface area contributed by atoms with Crippen molar-refractivity contribution in [2.45, 2.75) is 38.1 Å². The molecule has 0 aliphatic rings. The molecule has 108 valence electrons. The van der Waals surface area contributed by atoms with E-state index in [9.17, 15) is 8.42 Å². The maximum absolute atomic E-state index is 11.8. The standard InChI is InChI=1S/C13H23N3O2S/c1-5-10(3)16(6-2)13-9-11(7-8-12(13)14)19(17,18)15-4/h7-10,15H,5-6,14H2,1-4H3. The van der Waals surface area contributed by atoms with Gasteiger partial charge in [-0.2, -0.15) is 0 Å². The highest BCUT2D eigenvalue weighted by Crippen LogP contribution is 2.28. The summed E-state index contributed by atoms with van der Waals surface area (Å²) in [5.74, 6) is 0. The van der Waals surface area contributed by atoms with Gasteiger partial charge in [-0.1, -0.05) is 6.92 Å². The van der Waals surface area contributed by atoms with Crippen molar-refractivity contribution in [1.29, 1.82) is 0 Å². The van der Waals surface area contributed by atoms with Gasteiger partial charge in [-0.15, -0.1) is 0 Å². The molecule has 1 aromatic carbocycles. The lowest BCUT2D eigenvalue weighted by Crippen LogP contribution is -2.33. The van der Waals surface area contributed by atoms with Crippen molar-refractivity contribution < 1.29 is 8.42 Å². The maximum Gasteiger partial charge on any atom is 0.240 e. The van der Waals surface area contributed by atoms with Crippen molar-refractivity contribution >= 4 is 21.4 Å². The first-order chi connectivity index (χ1) is 8.87. The number of benzene rings is 1. The van der Waals surface area contributed by atoms with Crippen LogP contribution >= 0.6 is 0 Å². The molecule has 1 unspecified atom stereocenters. The molecular formula is C13H23N3O2S. The highest BCUT2D eigenvalue weighted by atomic mass is 32.2. The van der Waals surface area contributed by atoms with Crippen LogP contribution in [0.5, 0.6) is 0 Å². The van der Waals surface area contributed by atoms with Crippen molar-refractivity contribution in [3.63, 3.8) is 0 Å². The fourth-order valence-corrected chi connectivity index (χ4v) is 2.75. The predicted molar refractivity (Wildman–Crippen MR) is 79.9 cm³/mol. The summed E-state index contributed by atoms with van der Waals surface area (Å²) in [7, 11) is -2.04. The summed E-state index contributed by atoms with van der Waals surface area (Å²) in [6, 6.07) is 5.11. The summed E-state index contributed by atoms with van der Waals surface area (Å²) < 4.78 is 26.0. The maximum atomic E-state index is 11.8. The second-order valence-corrected chi connectivity index (χ2v) is 6.36. The highest BCUT2D eigenvalue weighted by molar-refractivity contribution is 7.89. The molecule has 19 heavy (non-hydrogen) atoms. The van der Waals surface area contributed by atoms with Crippen molar-refractivity contribution in [3.05, 3.63) is 18.2 Å². The van der Waals surface area contributed by atoms with Gasteiger partial charge in [0.05, 0.1) is 16.3 Å². The minimum absolute atomic E-state index is 0.237. The smallest absolute Gasteiger partial charge is 0.240 e. The predicted octanol–water partition coefficient (Wildman–Crippen LogP) is 1.80. The molecule has 0 bridgehead atoms. The van der Waals surface area contributed by atoms with Gasteiger partial charge in [-0.3, -0.25) is 0 Å². The summed E-state index contributed by atoms with van der Waals surface area (Å²) in [5.41, 5.74) is 7.35. The summed E-state index contributed by atoms with van der Waals surface area (Å²) in [6.07, 6.45) is 0.969. The van der Waals surface area contributed by atoms with Gasteiger partial charge in [-0.25, -0.2) is 13.1 Å². The Bertz CT molecular complexity index is 529. The molecule has 5 nitrogen and oxygen atoms in total. The number of hydrogen-bond donors (Lipinski definition) is 2. The molecule has 0 aliphatic heterocycles. The Morgan fingerprint density at radius 1 is 1.37 bits per heavy atom. The van der Waals surface area contributed by atoms with E-state index in [-0.39, 0.29) is 4.90 Å². The zero-order valence-corrected chi connectivity index (χ0v) is 12.8.